The molecule has 1 unspecified atom stereocenters. The number of hydrogen-bond donors (Lipinski definition) is 0. The first-order valence-corrected chi connectivity index (χ1v) is 14.2. The summed E-state index contributed by atoms with van der Waals surface area (Å²) in [7, 11) is -2.23. The predicted octanol–water partition coefficient (Wildman–Crippen LogP) is 4.05. The van der Waals surface area contributed by atoms with Gasteiger partial charge in [-0.1, -0.05) is 30.3 Å². The SMILES string of the molecule is Cc1cc2c(cnn2-c2ccc(F)c(C#N)c2)cc1C1(Cc2ccccc2)CCN(S(=O)(=O)c2cnn(C)n2)C1. The van der Waals surface area contributed by atoms with Crippen molar-refractivity contribution in [3.63, 3.8) is 0 Å². The Bertz CT molecular complexity index is 1890. The number of nitriles is 1. The number of sulfonamides is 1. The maximum absolute atomic E-state index is 14.0. The van der Waals surface area contributed by atoms with Gasteiger partial charge in [-0.2, -0.15) is 24.6 Å². The van der Waals surface area contributed by atoms with Gasteiger partial charge in [-0.15, -0.1) is 5.10 Å². The highest BCUT2D eigenvalue weighted by atomic mass is 32.2. The molecule has 1 aliphatic heterocycles. The monoisotopic (exact) mass is 555 g/mol. The van der Waals surface area contributed by atoms with Crippen molar-refractivity contribution in [2.45, 2.75) is 30.2 Å². The number of aryl methyl sites for hydroxylation is 2. The molecular formula is C29H26FN7O2S. The van der Waals surface area contributed by atoms with Gasteiger partial charge in [0.25, 0.3) is 10.0 Å². The zero-order chi connectivity index (χ0) is 28.1. The van der Waals surface area contributed by atoms with Crippen molar-refractivity contribution in [3.05, 3.63) is 101 Å². The number of benzene rings is 3. The third kappa shape index (κ3) is 4.35. The molecule has 202 valence electrons. The maximum atomic E-state index is 14.0. The van der Waals surface area contributed by atoms with Crippen LogP contribution in [-0.2, 0) is 28.9 Å². The second-order valence-corrected chi connectivity index (χ2v) is 12.1. The minimum absolute atomic E-state index is 0.0494. The van der Waals surface area contributed by atoms with E-state index in [1.807, 2.05) is 37.3 Å². The van der Waals surface area contributed by atoms with Crippen LogP contribution in [0.3, 0.4) is 0 Å². The minimum atomic E-state index is -3.82. The molecule has 40 heavy (non-hydrogen) atoms. The standard InChI is InChI=1S/C29H26FN7O2S/c1-20-12-27-23(17-33-37(27)24-8-9-26(30)22(13-24)16-31)14-25(20)29(15-21-6-4-3-5-7-21)10-11-36(19-29)40(38,39)28-18-32-35(2)34-28/h3-9,12-14,17-18H,10-11,15,19H2,1-2H3. The van der Waals surface area contributed by atoms with E-state index < -0.39 is 21.3 Å². The highest BCUT2D eigenvalue weighted by Crippen LogP contribution is 2.42. The summed E-state index contributed by atoms with van der Waals surface area (Å²) < 4.78 is 44.2. The van der Waals surface area contributed by atoms with Crippen LogP contribution in [0.4, 0.5) is 4.39 Å². The first kappa shape index (κ1) is 25.9. The fourth-order valence-corrected chi connectivity index (χ4v) is 7.16. The lowest BCUT2D eigenvalue weighted by atomic mass is 9.73. The Morgan fingerprint density at radius 1 is 1.07 bits per heavy atom. The van der Waals surface area contributed by atoms with Gasteiger partial charge in [0.15, 0.2) is 0 Å². The molecule has 5 aromatic rings. The summed E-state index contributed by atoms with van der Waals surface area (Å²) in [5.74, 6) is -0.578. The fourth-order valence-electron chi connectivity index (χ4n) is 5.75. The van der Waals surface area contributed by atoms with E-state index in [1.54, 1.807) is 24.0 Å². The summed E-state index contributed by atoms with van der Waals surface area (Å²) in [5.41, 5.74) is 4.03. The van der Waals surface area contributed by atoms with Crippen LogP contribution >= 0.6 is 0 Å². The minimum Gasteiger partial charge on any atom is -0.233 e. The molecule has 0 amide bonds. The van der Waals surface area contributed by atoms with Gasteiger partial charge >= 0.3 is 0 Å². The van der Waals surface area contributed by atoms with Gasteiger partial charge < -0.3 is 0 Å². The van der Waals surface area contributed by atoms with Gasteiger partial charge in [-0.05, 0) is 66.8 Å². The van der Waals surface area contributed by atoms with E-state index in [0.29, 0.717) is 31.6 Å². The van der Waals surface area contributed by atoms with Crippen molar-refractivity contribution >= 4 is 20.9 Å². The molecule has 3 heterocycles. The Labute approximate surface area is 231 Å². The summed E-state index contributed by atoms with van der Waals surface area (Å²) in [6, 6.07) is 20.4. The van der Waals surface area contributed by atoms with Crippen LogP contribution in [0.5, 0.6) is 0 Å². The lowest BCUT2D eigenvalue weighted by Crippen LogP contribution is -2.36. The van der Waals surface area contributed by atoms with Crippen LogP contribution < -0.4 is 0 Å². The maximum Gasteiger partial charge on any atom is 0.264 e. The molecule has 0 N–H and O–H groups in total. The van der Waals surface area contributed by atoms with Crippen molar-refractivity contribution in [1.29, 1.82) is 5.26 Å². The Morgan fingerprint density at radius 3 is 2.60 bits per heavy atom. The lowest BCUT2D eigenvalue weighted by Gasteiger charge is -2.32. The van der Waals surface area contributed by atoms with E-state index in [-0.39, 0.29) is 10.6 Å². The molecule has 0 radical (unpaired) electrons. The van der Waals surface area contributed by atoms with Gasteiger partial charge in [0, 0.05) is 30.9 Å². The average molecular weight is 556 g/mol. The van der Waals surface area contributed by atoms with Gasteiger partial charge in [0.1, 0.15) is 11.9 Å². The molecular weight excluding hydrogens is 529 g/mol. The molecule has 9 nitrogen and oxygen atoms in total. The topological polar surface area (TPSA) is 110 Å². The molecule has 6 rings (SSSR count). The first-order valence-electron chi connectivity index (χ1n) is 12.8. The molecule has 1 atom stereocenters. The van der Waals surface area contributed by atoms with E-state index in [9.17, 15) is 18.1 Å². The summed E-state index contributed by atoms with van der Waals surface area (Å²) in [4.78, 5) is 1.25. The average Bonchev–Trinajstić information content (AvgIpc) is 3.68. The molecule has 0 saturated carbocycles. The lowest BCUT2D eigenvalue weighted by molar-refractivity contribution is 0.412. The summed E-state index contributed by atoms with van der Waals surface area (Å²) in [6.45, 7) is 2.67. The highest BCUT2D eigenvalue weighted by Gasteiger charge is 2.45. The zero-order valence-electron chi connectivity index (χ0n) is 22.0. The molecule has 1 fully saturated rings. The number of rotatable bonds is 6. The molecule has 3 aromatic carbocycles. The Kier molecular flexibility index (Phi) is 6.24. The largest absolute Gasteiger partial charge is 0.264 e. The fraction of sp³-hybridized carbons (Fsp3) is 0.241. The van der Waals surface area contributed by atoms with Gasteiger partial charge in [0.2, 0.25) is 5.03 Å². The summed E-state index contributed by atoms with van der Waals surface area (Å²) in [5, 5.41) is 22.7. The zero-order valence-corrected chi connectivity index (χ0v) is 22.8. The van der Waals surface area contributed by atoms with Crippen LogP contribution in [0, 0.1) is 24.1 Å². The second-order valence-electron chi connectivity index (χ2n) is 10.3. The molecule has 2 aromatic heterocycles. The molecule has 11 heteroatoms. The van der Waals surface area contributed by atoms with E-state index in [1.165, 1.54) is 27.4 Å². The van der Waals surface area contributed by atoms with Crippen molar-refractivity contribution < 1.29 is 12.8 Å². The van der Waals surface area contributed by atoms with E-state index >= 15 is 0 Å². The predicted molar refractivity (Wildman–Crippen MR) is 147 cm³/mol. The number of halogens is 1. The number of hydrogen-bond acceptors (Lipinski definition) is 6. The number of aromatic nitrogens is 5. The third-order valence-electron chi connectivity index (χ3n) is 7.69. The smallest absolute Gasteiger partial charge is 0.233 e. The molecule has 0 spiro atoms. The van der Waals surface area contributed by atoms with Crippen LogP contribution in [-0.4, -0.2) is 50.6 Å². The van der Waals surface area contributed by atoms with E-state index in [4.69, 9.17) is 0 Å². The normalized spacial score (nSPS) is 17.9. The van der Waals surface area contributed by atoms with E-state index in [2.05, 4.69) is 33.5 Å². The molecule has 0 aliphatic carbocycles. The third-order valence-corrected chi connectivity index (χ3v) is 9.39. The van der Waals surface area contributed by atoms with Gasteiger partial charge in [-0.3, -0.25) is 0 Å². The quantitative estimate of drug-likeness (QED) is 0.313. The highest BCUT2D eigenvalue weighted by molar-refractivity contribution is 7.89. The van der Waals surface area contributed by atoms with Crippen molar-refractivity contribution in [1.82, 2.24) is 29.1 Å². The second kappa shape index (κ2) is 9.66. The van der Waals surface area contributed by atoms with Crippen LogP contribution in [0.1, 0.15) is 28.7 Å². The number of nitrogens with zero attached hydrogens (tertiary/aromatic N) is 7. The Balaban J connectivity index is 1.44. The first-order chi connectivity index (χ1) is 19.2. The number of fused-ring (bicyclic) bond motifs is 1. The van der Waals surface area contributed by atoms with Crippen LogP contribution in [0.2, 0.25) is 0 Å². The van der Waals surface area contributed by atoms with Gasteiger partial charge in [-0.25, -0.2) is 17.5 Å². The Hall–Kier alpha value is -4.40. The van der Waals surface area contributed by atoms with Crippen molar-refractivity contribution in [2.24, 2.45) is 7.05 Å². The summed E-state index contributed by atoms with van der Waals surface area (Å²) >= 11 is 0. The molecule has 1 saturated heterocycles. The van der Waals surface area contributed by atoms with Crippen LogP contribution in [0.25, 0.3) is 16.6 Å². The summed E-state index contributed by atoms with van der Waals surface area (Å²) in [6.07, 6.45) is 4.31. The Morgan fingerprint density at radius 2 is 1.88 bits per heavy atom. The molecule has 0 bridgehead atoms. The van der Waals surface area contributed by atoms with Crippen molar-refractivity contribution in [3.8, 4) is 11.8 Å². The van der Waals surface area contributed by atoms with E-state index in [0.717, 1.165) is 27.6 Å². The van der Waals surface area contributed by atoms with Crippen molar-refractivity contribution in [2.75, 3.05) is 13.1 Å². The van der Waals surface area contributed by atoms with Crippen LogP contribution in [0.15, 0.2) is 78.1 Å². The van der Waals surface area contributed by atoms with Gasteiger partial charge in [0.05, 0.1) is 29.2 Å². The molecule has 1 aliphatic rings.